The standard InChI is InChI=1S/C16H14ClF3N6O/c1-27-13-6-12(16(18,19)20)25-26(13)10-4-2-9(3-5-10)7-22-14-11(21)8-23-15(17)24-14/h2-6,8H,7,21H2,1H3,(H,22,23,24). The first kappa shape index (κ1) is 18.8. The summed E-state index contributed by atoms with van der Waals surface area (Å²) in [7, 11) is 1.28. The zero-order valence-electron chi connectivity index (χ0n) is 14.0. The number of rotatable bonds is 5. The van der Waals surface area contributed by atoms with Crippen LogP contribution in [-0.2, 0) is 12.7 Å². The molecule has 0 atom stereocenters. The van der Waals surface area contributed by atoms with Gasteiger partial charge in [0.2, 0.25) is 11.2 Å². The number of nitrogen functional groups attached to an aromatic ring is 1. The Labute approximate surface area is 156 Å². The highest BCUT2D eigenvalue weighted by molar-refractivity contribution is 6.28. The number of methoxy groups -OCH3 is 1. The molecule has 27 heavy (non-hydrogen) atoms. The Kier molecular flexibility index (Phi) is 5.08. The quantitative estimate of drug-likeness (QED) is 0.639. The van der Waals surface area contributed by atoms with Gasteiger partial charge < -0.3 is 15.8 Å². The Balaban J connectivity index is 1.78. The Morgan fingerprint density at radius 1 is 1.26 bits per heavy atom. The van der Waals surface area contributed by atoms with Crippen LogP contribution in [0.4, 0.5) is 24.7 Å². The third-order valence-corrected chi connectivity index (χ3v) is 3.79. The van der Waals surface area contributed by atoms with Gasteiger partial charge in [-0.3, -0.25) is 0 Å². The van der Waals surface area contributed by atoms with Gasteiger partial charge in [0.1, 0.15) is 0 Å². The molecule has 7 nitrogen and oxygen atoms in total. The maximum Gasteiger partial charge on any atom is 0.435 e. The molecule has 3 N–H and O–H groups in total. The molecule has 11 heteroatoms. The molecule has 0 bridgehead atoms. The molecule has 0 saturated carbocycles. The number of halogens is 4. The average Bonchev–Trinajstić information content (AvgIpc) is 3.08. The Hall–Kier alpha value is -3.01. The predicted octanol–water partition coefficient (Wildman–Crippen LogP) is 3.54. The molecular formula is C16H14ClF3N6O. The van der Waals surface area contributed by atoms with Crippen LogP contribution in [0, 0.1) is 0 Å². The molecule has 0 aliphatic carbocycles. The lowest BCUT2D eigenvalue weighted by atomic mass is 10.2. The summed E-state index contributed by atoms with van der Waals surface area (Å²) in [6.45, 7) is 0.377. The van der Waals surface area contributed by atoms with Crippen molar-refractivity contribution >= 4 is 23.1 Å². The van der Waals surface area contributed by atoms with Gasteiger partial charge in [-0.1, -0.05) is 12.1 Å². The molecule has 0 amide bonds. The summed E-state index contributed by atoms with van der Waals surface area (Å²) in [5.41, 5.74) is 6.35. The van der Waals surface area contributed by atoms with E-state index in [1.54, 1.807) is 24.3 Å². The van der Waals surface area contributed by atoms with Crippen molar-refractivity contribution in [1.82, 2.24) is 19.7 Å². The van der Waals surface area contributed by atoms with Gasteiger partial charge in [-0.25, -0.2) is 9.67 Å². The molecule has 3 rings (SSSR count). The topological polar surface area (TPSA) is 90.9 Å². The zero-order chi connectivity index (χ0) is 19.6. The van der Waals surface area contributed by atoms with Gasteiger partial charge >= 0.3 is 6.18 Å². The minimum Gasteiger partial charge on any atom is -0.481 e. The van der Waals surface area contributed by atoms with Gasteiger partial charge in [-0.2, -0.15) is 23.3 Å². The van der Waals surface area contributed by atoms with Gasteiger partial charge in [0.05, 0.1) is 24.7 Å². The summed E-state index contributed by atoms with van der Waals surface area (Å²) in [6.07, 6.45) is -3.16. The number of nitrogens with two attached hydrogens (primary N) is 1. The van der Waals surface area contributed by atoms with Gasteiger partial charge in [-0.05, 0) is 29.3 Å². The van der Waals surface area contributed by atoms with Crippen molar-refractivity contribution in [2.45, 2.75) is 12.7 Å². The van der Waals surface area contributed by atoms with Gasteiger partial charge in [-0.15, -0.1) is 0 Å². The van der Waals surface area contributed by atoms with E-state index in [4.69, 9.17) is 22.1 Å². The molecule has 0 radical (unpaired) electrons. The Bertz CT molecular complexity index is 942. The third-order valence-electron chi connectivity index (χ3n) is 3.60. The number of alkyl halides is 3. The van der Waals surface area contributed by atoms with E-state index in [0.29, 0.717) is 23.7 Å². The number of aromatic nitrogens is 4. The van der Waals surface area contributed by atoms with Crippen molar-refractivity contribution in [1.29, 1.82) is 0 Å². The number of nitrogens with zero attached hydrogens (tertiary/aromatic N) is 4. The predicted molar refractivity (Wildman–Crippen MR) is 93.9 cm³/mol. The van der Waals surface area contributed by atoms with E-state index in [1.807, 2.05) is 0 Å². The smallest absolute Gasteiger partial charge is 0.435 e. The van der Waals surface area contributed by atoms with E-state index in [-0.39, 0.29) is 11.2 Å². The van der Waals surface area contributed by atoms with E-state index < -0.39 is 11.9 Å². The highest BCUT2D eigenvalue weighted by atomic mass is 35.5. The van der Waals surface area contributed by atoms with Crippen molar-refractivity contribution < 1.29 is 17.9 Å². The normalized spacial score (nSPS) is 11.4. The zero-order valence-corrected chi connectivity index (χ0v) is 14.7. The van der Waals surface area contributed by atoms with E-state index in [1.165, 1.54) is 13.3 Å². The molecule has 3 aromatic rings. The molecule has 0 fully saturated rings. The fourth-order valence-electron chi connectivity index (χ4n) is 2.28. The molecule has 0 saturated heterocycles. The monoisotopic (exact) mass is 398 g/mol. The van der Waals surface area contributed by atoms with Gasteiger partial charge in [0, 0.05) is 12.6 Å². The van der Waals surface area contributed by atoms with Crippen molar-refractivity contribution in [3.8, 4) is 11.6 Å². The molecule has 2 heterocycles. The van der Waals surface area contributed by atoms with Crippen LogP contribution < -0.4 is 15.8 Å². The number of benzene rings is 1. The lowest BCUT2D eigenvalue weighted by Crippen LogP contribution is -2.08. The fraction of sp³-hybridized carbons (Fsp3) is 0.188. The first-order valence-electron chi connectivity index (χ1n) is 7.60. The molecule has 142 valence electrons. The molecule has 0 spiro atoms. The van der Waals surface area contributed by atoms with Crippen LogP contribution in [0.15, 0.2) is 36.5 Å². The van der Waals surface area contributed by atoms with Gasteiger partial charge in [0.15, 0.2) is 11.5 Å². The summed E-state index contributed by atoms with van der Waals surface area (Å²) in [6, 6.07) is 7.56. The summed E-state index contributed by atoms with van der Waals surface area (Å²) in [5.74, 6) is 0.374. The first-order valence-corrected chi connectivity index (χ1v) is 7.98. The minimum atomic E-state index is -4.55. The van der Waals surface area contributed by atoms with E-state index in [0.717, 1.165) is 16.3 Å². The van der Waals surface area contributed by atoms with E-state index in [2.05, 4.69) is 20.4 Å². The maximum absolute atomic E-state index is 12.9. The lowest BCUT2D eigenvalue weighted by molar-refractivity contribution is -0.141. The largest absolute Gasteiger partial charge is 0.481 e. The molecule has 0 aliphatic heterocycles. The number of nitrogens with one attached hydrogen (secondary N) is 1. The summed E-state index contributed by atoms with van der Waals surface area (Å²) in [4.78, 5) is 7.75. The highest BCUT2D eigenvalue weighted by Gasteiger charge is 2.35. The van der Waals surface area contributed by atoms with Crippen LogP contribution in [0.2, 0.25) is 5.28 Å². The van der Waals surface area contributed by atoms with Crippen molar-refractivity contribution in [3.05, 3.63) is 53.1 Å². The van der Waals surface area contributed by atoms with Crippen LogP contribution in [0.25, 0.3) is 5.69 Å². The Morgan fingerprint density at radius 3 is 2.59 bits per heavy atom. The van der Waals surface area contributed by atoms with Gasteiger partial charge in [0.25, 0.3) is 0 Å². The number of ether oxygens (including phenoxy) is 1. The van der Waals surface area contributed by atoms with Crippen molar-refractivity contribution in [2.24, 2.45) is 0 Å². The first-order chi connectivity index (χ1) is 12.8. The molecule has 1 aromatic carbocycles. The number of hydrogen-bond donors (Lipinski definition) is 2. The van der Waals surface area contributed by atoms with Crippen LogP contribution in [-0.4, -0.2) is 26.9 Å². The maximum atomic E-state index is 12.9. The molecular weight excluding hydrogens is 385 g/mol. The molecule has 0 unspecified atom stereocenters. The Morgan fingerprint density at radius 2 is 1.96 bits per heavy atom. The summed E-state index contributed by atoms with van der Waals surface area (Å²) >= 11 is 5.73. The second kappa shape index (κ2) is 7.31. The van der Waals surface area contributed by atoms with Crippen LogP contribution in [0.5, 0.6) is 5.88 Å². The SMILES string of the molecule is COc1cc(C(F)(F)F)nn1-c1ccc(CNc2nc(Cl)ncc2N)cc1. The minimum absolute atomic E-state index is 0.0170. The summed E-state index contributed by atoms with van der Waals surface area (Å²) in [5, 5.41) is 6.65. The second-order valence-electron chi connectivity index (χ2n) is 5.44. The fourth-order valence-corrected chi connectivity index (χ4v) is 2.42. The molecule has 2 aromatic heterocycles. The average molecular weight is 399 g/mol. The molecule has 0 aliphatic rings. The highest BCUT2D eigenvalue weighted by Crippen LogP contribution is 2.32. The van der Waals surface area contributed by atoms with Crippen molar-refractivity contribution in [3.63, 3.8) is 0 Å². The second-order valence-corrected chi connectivity index (χ2v) is 5.78. The van der Waals surface area contributed by atoms with E-state index in [9.17, 15) is 13.2 Å². The van der Waals surface area contributed by atoms with Crippen molar-refractivity contribution in [2.75, 3.05) is 18.2 Å². The number of anilines is 2. The third kappa shape index (κ3) is 4.22. The van der Waals surface area contributed by atoms with Crippen LogP contribution in [0.1, 0.15) is 11.3 Å². The lowest BCUT2D eigenvalue weighted by Gasteiger charge is -2.10. The number of hydrogen-bond acceptors (Lipinski definition) is 6. The summed E-state index contributed by atoms with van der Waals surface area (Å²) < 4.78 is 44.6. The van der Waals surface area contributed by atoms with Crippen LogP contribution in [0.3, 0.4) is 0 Å². The van der Waals surface area contributed by atoms with Crippen LogP contribution >= 0.6 is 11.6 Å². The van der Waals surface area contributed by atoms with E-state index >= 15 is 0 Å².